The lowest BCUT2D eigenvalue weighted by Gasteiger charge is -2.15. The molecule has 0 aromatic heterocycles. The van der Waals surface area contributed by atoms with Gasteiger partial charge in [0.15, 0.2) is 0 Å². The molecule has 0 spiro atoms. The second-order valence-corrected chi connectivity index (χ2v) is 8.88. The van der Waals surface area contributed by atoms with Crippen molar-refractivity contribution < 1.29 is 18.0 Å². The number of hydrogen-bond acceptors (Lipinski definition) is 4. The third-order valence-corrected chi connectivity index (χ3v) is 6.44. The molecule has 2 amide bonds. The van der Waals surface area contributed by atoms with Crippen molar-refractivity contribution in [2.75, 3.05) is 24.4 Å². The Morgan fingerprint density at radius 1 is 0.966 bits per heavy atom. The lowest BCUT2D eigenvalue weighted by molar-refractivity contribution is -0.129. The van der Waals surface area contributed by atoms with E-state index in [1.165, 1.54) is 24.3 Å². The molecule has 0 aliphatic carbocycles. The van der Waals surface area contributed by atoms with Crippen molar-refractivity contribution in [3.05, 3.63) is 59.2 Å². The Balaban J connectivity index is 1.62. The first kappa shape index (κ1) is 20.9. The van der Waals surface area contributed by atoms with Crippen molar-refractivity contribution in [2.24, 2.45) is 0 Å². The van der Waals surface area contributed by atoms with Gasteiger partial charge in [-0.1, -0.05) is 6.07 Å². The van der Waals surface area contributed by atoms with E-state index in [0.717, 1.165) is 37.1 Å². The molecule has 0 saturated carbocycles. The average molecular weight is 416 g/mol. The maximum Gasteiger partial charge on any atom is 0.261 e. The van der Waals surface area contributed by atoms with Crippen molar-refractivity contribution in [3.8, 4) is 0 Å². The Hall–Kier alpha value is -2.87. The Labute approximate surface area is 171 Å². The van der Waals surface area contributed by atoms with Gasteiger partial charge in [0.2, 0.25) is 5.91 Å². The zero-order chi connectivity index (χ0) is 21.0. The van der Waals surface area contributed by atoms with Crippen LogP contribution in [0, 0.1) is 13.8 Å². The van der Waals surface area contributed by atoms with Crippen LogP contribution in [-0.2, 0) is 14.8 Å². The minimum atomic E-state index is -3.76. The second-order valence-electron chi connectivity index (χ2n) is 7.20. The molecule has 1 aliphatic heterocycles. The first-order valence-electron chi connectivity index (χ1n) is 9.52. The van der Waals surface area contributed by atoms with Crippen LogP contribution in [-0.4, -0.2) is 44.8 Å². The van der Waals surface area contributed by atoms with Gasteiger partial charge in [0.05, 0.1) is 11.4 Å². The Morgan fingerprint density at radius 3 is 2.24 bits per heavy atom. The lowest BCUT2D eigenvalue weighted by atomic mass is 10.1. The maximum absolute atomic E-state index is 12.6. The molecule has 154 valence electrons. The predicted octanol–water partition coefficient (Wildman–Crippen LogP) is 2.46. The summed E-state index contributed by atoms with van der Waals surface area (Å²) in [6.45, 7) is 5.27. The van der Waals surface area contributed by atoms with E-state index in [1.54, 1.807) is 17.0 Å². The van der Waals surface area contributed by atoms with E-state index in [4.69, 9.17) is 0 Å². The second kappa shape index (κ2) is 8.65. The van der Waals surface area contributed by atoms with Crippen LogP contribution in [0.2, 0.25) is 0 Å². The van der Waals surface area contributed by atoms with Gasteiger partial charge >= 0.3 is 0 Å². The molecule has 0 atom stereocenters. The summed E-state index contributed by atoms with van der Waals surface area (Å²) in [7, 11) is -3.76. The van der Waals surface area contributed by atoms with E-state index < -0.39 is 15.9 Å². The predicted molar refractivity (Wildman–Crippen MR) is 111 cm³/mol. The summed E-state index contributed by atoms with van der Waals surface area (Å²) in [5, 5.41) is 2.59. The molecule has 1 fully saturated rings. The smallest absolute Gasteiger partial charge is 0.261 e. The molecule has 1 saturated heterocycles. The number of nitrogens with zero attached hydrogens (tertiary/aromatic N) is 1. The molecule has 8 heteroatoms. The van der Waals surface area contributed by atoms with E-state index in [1.807, 2.05) is 19.9 Å². The Bertz CT molecular complexity index is 1010. The molecule has 0 unspecified atom stereocenters. The van der Waals surface area contributed by atoms with Crippen LogP contribution in [0.1, 0.15) is 34.3 Å². The van der Waals surface area contributed by atoms with Gasteiger partial charge in [-0.05, 0) is 74.2 Å². The van der Waals surface area contributed by atoms with E-state index in [2.05, 4.69) is 10.0 Å². The van der Waals surface area contributed by atoms with Crippen LogP contribution in [0.25, 0.3) is 0 Å². The van der Waals surface area contributed by atoms with Crippen molar-refractivity contribution in [1.29, 1.82) is 0 Å². The molecule has 1 heterocycles. The Kier molecular flexibility index (Phi) is 6.22. The molecule has 0 radical (unpaired) electrons. The number of benzene rings is 2. The first-order valence-corrected chi connectivity index (χ1v) is 11.0. The molecule has 2 aromatic carbocycles. The van der Waals surface area contributed by atoms with Gasteiger partial charge in [0.1, 0.15) is 0 Å². The summed E-state index contributed by atoms with van der Waals surface area (Å²) >= 11 is 0. The van der Waals surface area contributed by atoms with Gasteiger partial charge in [-0.2, -0.15) is 0 Å². The normalized spacial score (nSPS) is 13.9. The zero-order valence-corrected chi connectivity index (χ0v) is 17.4. The van der Waals surface area contributed by atoms with Crippen LogP contribution in [0.5, 0.6) is 0 Å². The summed E-state index contributed by atoms with van der Waals surface area (Å²) in [6.07, 6.45) is 1.98. The van der Waals surface area contributed by atoms with Crippen LogP contribution in [0.3, 0.4) is 0 Å². The van der Waals surface area contributed by atoms with Gasteiger partial charge in [-0.25, -0.2) is 8.42 Å². The highest BCUT2D eigenvalue weighted by Crippen LogP contribution is 2.19. The fourth-order valence-electron chi connectivity index (χ4n) is 3.14. The molecule has 3 rings (SSSR count). The fourth-order valence-corrected chi connectivity index (χ4v) is 4.19. The number of rotatable bonds is 6. The average Bonchev–Trinajstić information content (AvgIpc) is 3.23. The Morgan fingerprint density at radius 2 is 1.62 bits per heavy atom. The first-order chi connectivity index (χ1) is 13.8. The summed E-state index contributed by atoms with van der Waals surface area (Å²) < 4.78 is 27.7. The van der Waals surface area contributed by atoms with E-state index in [0.29, 0.717) is 11.3 Å². The highest BCUT2D eigenvalue weighted by molar-refractivity contribution is 7.92. The fraction of sp³-hybridized carbons (Fsp3) is 0.333. The third-order valence-electron chi connectivity index (χ3n) is 5.04. The third kappa shape index (κ3) is 5.14. The number of amides is 2. The molecule has 1 aliphatic rings. The van der Waals surface area contributed by atoms with E-state index in [9.17, 15) is 18.0 Å². The molecule has 7 nitrogen and oxygen atoms in total. The topological polar surface area (TPSA) is 95.6 Å². The van der Waals surface area contributed by atoms with Gasteiger partial charge in [0, 0.05) is 24.3 Å². The van der Waals surface area contributed by atoms with Crippen LogP contribution < -0.4 is 10.0 Å². The monoisotopic (exact) mass is 415 g/mol. The van der Waals surface area contributed by atoms with Gasteiger partial charge in [-0.3, -0.25) is 14.3 Å². The highest BCUT2D eigenvalue weighted by Gasteiger charge is 2.19. The minimum Gasteiger partial charge on any atom is -0.343 e. The quantitative estimate of drug-likeness (QED) is 0.758. The number of carbonyl (C=O) groups excluding carboxylic acids is 2. The molecule has 29 heavy (non-hydrogen) atoms. The van der Waals surface area contributed by atoms with Crippen molar-refractivity contribution in [3.63, 3.8) is 0 Å². The number of hydrogen-bond donors (Lipinski definition) is 2. The molecule has 0 bridgehead atoms. The van der Waals surface area contributed by atoms with Crippen LogP contribution in [0.15, 0.2) is 47.4 Å². The highest BCUT2D eigenvalue weighted by atomic mass is 32.2. The van der Waals surface area contributed by atoms with E-state index >= 15 is 0 Å². The summed E-state index contributed by atoms with van der Waals surface area (Å²) in [5.74, 6) is -0.517. The number of carbonyl (C=O) groups is 2. The summed E-state index contributed by atoms with van der Waals surface area (Å²) in [5.41, 5.74) is 2.84. The summed E-state index contributed by atoms with van der Waals surface area (Å²) in [4.78, 5) is 26.0. The molecular formula is C21H25N3O4S. The van der Waals surface area contributed by atoms with Crippen molar-refractivity contribution in [1.82, 2.24) is 10.2 Å². The lowest BCUT2D eigenvalue weighted by Crippen LogP contribution is -2.38. The zero-order valence-electron chi connectivity index (χ0n) is 16.6. The van der Waals surface area contributed by atoms with Crippen molar-refractivity contribution >= 4 is 27.5 Å². The molecule has 2 aromatic rings. The van der Waals surface area contributed by atoms with Gasteiger partial charge in [0.25, 0.3) is 15.9 Å². The SMILES string of the molecule is Cc1ccc(NS(=O)(=O)c2ccc(C(=O)NCC(=O)N3CCCC3)cc2)cc1C. The molecular weight excluding hydrogens is 390 g/mol. The number of likely N-dealkylation sites (tertiary alicyclic amines) is 1. The van der Waals surface area contributed by atoms with Gasteiger partial charge < -0.3 is 10.2 Å². The van der Waals surface area contributed by atoms with E-state index in [-0.39, 0.29) is 17.3 Å². The number of nitrogens with one attached hydrogen (secondary N) is 2. The number of sulfonamides is 1. The minimum absolute atomic E-state index is 0.0559. The molecule has 2 N–H and O–H groups in total. The van der Waals surface area contributed by atoms with Crippen molar-refractivity contribution in [2.45, 2.75) is 31.6 Å². The largest absolute Gasteiger partial charge is 0.343 e. The van der Waals surface area contributed by atoms with Crippen LogP contribution in [0.4, 0.5) is 5.69 Å². The maximum atomic E-state index is 12.6. The number of aryl methyl sites for hydroxylation is 2. The summed E-state index contributed by atoms with van der Waals surface area (Å²) in [6, 6.07) is 11.0. The van der Waals surface area contributed by atoms with Crippen LogP contribution >= 0.6 is 0 Å². The van der Waals surface area contributed by atoms with Gasteiger partial charge in [-0.15, -0.1) is 0 Å². The standard InChI is InChI=1S/C21H25N3O4S/c1-15-5-8-18(13-16(15)2)23-29(27,28)19-9-6-17(7-10-19)21(26)22-14-20(25)24-11-3-4-12-24/h5-10,13,23H,3-4,11-12,14H2,1-2H3,(H,22,26). The number of anilines is 1.